The first-order chi connectivity index (χ1) is 13.3. The minimum Gasteiger partial charge on any atom is -0.486 e. The molecule has 1 amide bonds. The van der Waals surface area contributed by atoms with Crippen LogP contribution in [0.25, 0.3) is 0 Å². The van der Waals surface area contributed by atoms with Gasteiger partial charge in [-0.1, -0.05) is 6.08 Å². The van der Waals surface area contributed by atoms with Crippen LogP contribution in [0, 0.1) is 0 Å². The van der Waals surface area contributed by atoms with Gasteiger partial charge in [0.1, 0.15) is 19.0 Å². The van der Waals surface area contributed by atoms with Crippen LogP contribution >= 0.6 is 11.8 Å². The Labute approximate surface area is 163 Å². The minimum atomic E-state index is 0.0967. The first-order valence-corrected chi connectivity index (χ1v) is 10.3. The molecule has 2 aromatic rings. The first-order valence-electron chi connectivity index (χ1n) is 9.34. The molecule has 0 saturated heterocycles. The molecule has 4 rings (SSSR count). The highest BCUT2D eigenvalue weighted by Crippen LogP contribution is 2.34. The van der Waals surface area contributed by atoms with Gasteiger partial charge in [-0.15, -0.1) is 11.8 Å². The Bertz CT molecular complexity index is 816. The number of nitrogens with zero attached hydrogens (tertiary/aromatic N) is 1. The normalized spacial score (nSPS) is 15.9. The highest BCUT2D eigenvalue weighted by molar-refractivity contribution is 8.00. The molecule has 0 N–H and O–H groups in total. The van der Waals surface area contributed by atoms with Gasteiger partial charge in [-0.25, -0.2) is 0 Å². The van der Waals surface area contributed by atoms with Crippen LogP contribution in [0.4, 0.5) is 0 Å². The number of ether oxygens (including phenoxy) is 2. The van der Waals surface area contributed by atoms with E-state index in [0.717, 1.165) is 47.1 Å². The Morgan fingerprint density at radius 3 is 2.78 bits per heavy atom. The SMILES string of the molecule is O=C(CSc1ccc2c(c1)OCCO2)N(Cc1ccco1)C1=CCCCC1. The third-order valence-electron chi connectivity index (χ3n) is 4.68. The van der Waals surface area contributed by atoms with E-state index in [1.54, 1.807) is 6.26 Å². The molecule has 1 aliphatic heterocycles. The summed E-state index contributed by atoms with van der Waals surface area (Å²) in [5.41, 5.74) is 1.12. The van der Waals surface area contributed by atoms with Crippen molar-refractivity contribution in [2.75, 3.05) is 19.0 Å². The molecular weight excluding hydrogens is 362 g/mol. The fourth-order valence-electron chi connectivity index (χ4n) is 3.31. The van der Waals surface area contributed by atoms with Crippen LogP contribution in [-0.2, 0) is 11.3 Å². The lowest BCUT2D eigenvalue weighted by molar-refractivity contribution is -0.127. The Balaban J connectivity index is 1.44. The Hall–Kier alpha value is -2.34. The zero-order valence-electron chi connectivity index (χ0n) is 15.2. The number of carbonyl (C=O) groups is 1. The van der Waals surface area contributed by atoms with Gasteiger partial charge in [-0.05, 0) is 56.0 Å². The summed E-state index contributed by atoms with van der Waals surface area (Å²) in [6.45, 7) is 1.62. The van der Waals surface area contributed by atoms with E-state index in [1.807, 2.05) is 35.2 Å². The molecule has 5 nitrogen and oxygen atoms in total. The average molecular weight is 385 g/mol. The third kappa shape index (κ3) is 4.50. The molecule has 0 atom stereocenters. The van der Waals surface area contributed by atoms with Crippen molar-refractivity contribution in [3.63, 3.8) is 0 Å². The van der Waals surface area contributed by atoms with Crippen molar-refractivity contribution in [2.45, 2.75) is 37.1 Å². The highest BCUT2D eigenvalue weighted by Gasteiger charge is 2.21. The number of benzene rings is 1. The molecule has 142 valence electrons. The Morgan fingerprint density at radius 1 is 1.11 bits per heavy atom. The number of rotatable bonds is 6. The molecule has 6 heteroatoms. The molecule has 1 aliphatic carbocycles. The standard InChI is InChI=1S/C21H23NO4S/c23-21(15-27-18-8-9-19-20(13-18)26-12-11-25-19)22(14-17-7-4-10-24-17)16-5-2-1-3-6-16/h4-5,7-10,13H,1-3,6,11-12,14-15H2. The van der Waals surface area contributed by atoms with E-state index in [1.165, 1.54) is 18.2 Å². The number of furan rings is 1. The zero-order chi connectivity index (χ0) is 18.5. The first kappa shape index (κ1) is 18.0. The van der Waals surface area contributed by atoms with Crippen LogP contribution < -0.4 is 9.47 Å². The maximum atomic E-state index is 13.0. The molecule has 0 spiro atoms. The van der Waals surface area contributed by atoms with Gasteiger partial charge in [0.25, 0.3) is 0 Å². The van der Waals surface area contributed by atoms with Crippen molar-refractivity contribution in [2.24, 2.45) is 0 Å². The zero-order valence-corrected chi connectivity index (χ0v) is 16.0. The van der Waals surface area contributed by atoms with Crippen LogP contribution in [0.2, 0.25) is 0 Å². The lowest BCUT2D eigenvalue weighted by atomic mass is 10.0. The van der Waals surface area contributed by atoms with Gasteiger partial charge in [-0.2, -0.15) is 0 Å². The van der Waals surface area contributed by atoms with E-state index < -0.39 is 0 Å². The van der Waals surface area contributed by atoms with Crippen molar-refractivity contribution in [1.82, 2.24) is 4.90 Å². The molecule has 0 unspecified atom stereocenters. The molecule has 0 fully saturated rings. The van der Waals surface area contributed by atoms with Crippen LogP contribution in [0.3, 0.4) is 0 Å². The van der Waals surface area contributed by atoms with E-state index in [0.29, 0.717) is 25.5 Å². The number of allylic oxidation sites excluding steroid dienone is 2. The van der Waals surface area contributed by atoms with E-state index in [4.69, 9.17) is 13.9 Å². The monoisotopic (exact) mass is 385 g/mol. The summed E-state index contributed by atoms with van der Waals surface area (Å²) in [6.07, 6.45) is 8.14. The Kier molecular flexibility index (Phi) is 5.72. The minimum absolute atomic E-state index is 0.0967. The Morgan fingerprint density at radius 2 is 2.00 bits per heavy atom. The second-order valence-corrected chi connectivity index (χ2v) is 7.64. The van der Waals surface area contributed by atoms with Crippen LogP contribution in [0.5, 0.6) is 11.5 Å². The fourth-order valence-corrected chi connectivity index (χ4v) is 4.11. The molecule has 1 aromatic carbocycles. The van der Waals surface area contributed by atoms with E-state index in [2.05, 4.69) is 6.08 Å². The topological polar surface area (TPSA) is 51.9 Å². The van der Waals surface area contributed by atoms with Gasteiger partial charge >= 0.3 is 0 Å². The van der Waals surface area contributed by atoms with Gasteiger partial charge in [0.2, 0.25) is 5.91 Å². The smallest absolute Gasteiger partial charge is 0.237 e. The number of fused-ring (bicyclic) bond motifs is 1. The van der Waals surface area contributed by atoms with E-state index in [9.17, 15) is 4.79 Å². The maximum absolute atomic E-state index is 13.0. The van der Waals surface area contributed by atoms with Gasteiger partial charge in [-0.3, -0.25) is 4.79 Å². The summed E-state index contributed by atoms with van der Waals surface area (Å²) in [5.74, 6) is 2.79. The highest BCUT2D eigenvalue weighted by atomic mass is 32.2. The maximum Gasteiger partial charge on any atom is 0.237 e. The number of hydrogen-bond acceptors (Lipinski definition) is 5. The summed E-state index contributed by atoms with van der Waals surface area (Å²) >= 11 is 1.52. The average Bonchev–Trinajstić information content (AvgIpc) is 3.24. The van der Waals surface area contributed by atoms with Crippen LogP contribution in [0.1, 0.15) is 31.4 Å². The predicted octanol–water partition coefficient (Wildman–Crippen LogP) is 4.63. The van der Waals surface area contributed by atoms with Gasteiger partial charge in [0.15, 0.2) is 11.5 Å². The van der Waals surface area contributed by atoms with E-state index >= 15 is 0 Å². The number of hydrogen-bond donors (Lipinski definition) is 0. The molecule has 27 heavy (non-hydrogen) atoms. The van der Waals surface area contributed by atoms with Crippen molar-refractivity contribution >= 4 is 17.7 Å². The van der Waals surface area contributed by atoms with Crippen LogP contribution in [-0.4, -0.2) is 29.8 Å². The summed E-state index contributed by atoms with van der Waals surface area (Å²) in [5, 5.41) is 0. The quantitative estimate of drug-likeness (QED) is 0.679. The van der Waals surface area contributed by atoms with Gasteiger partial charge in [0.05, 0.1) is 18.6 Å². The van der Waals surface area contributed by atoms with Crippen molar-refractivity contribution in [3.05, 3.63) is 54.1 Å². The van der Waals surface area contributed by atoms with Gasteiger partial charge in [0, 0.05) is 10.6 Å². The second kappa shape index (κ2) is 8.57. The van der Waals surface area contributed by atoms with Crippen molar-refractivity contribution < 1.29 is 18.7 Å². The fraction of sp³-hybridized carbons (Fsp3) is 0.381. The number of thioether (sulfide) groups is 1. The summed E-state index contributed by atoms with van der Waals surface area (Å²) in [7, 11) is 0. The summed E-state index contributed by atoms with van der Waals surface area (Å²) < 4.78 is 16.7. The molecule has 0 bridgehead atoms. The lowest BCUT2D eigenvalue weighted by Gasteiger charge is -2.27. The third-order valence-corrected chi connectivity index (χ3v) is 5.66. The molecule has 2 heterocycles. The molecule has 1 aromatic heterocycles. The number of carbonyl (C=O) groups excluding carboxylic acids is 1. The summed E-state index contributed by atoms with van der Waals surface area (Å²) in [6, 6.07) is 9.60. The molecule has 2 aliphatic rings. The van der Waals surface area contributed by atoms with Crippen LogP contribution in [0.15, 0.2) is 57.7 Å². The summed E-state index contributed by atoms with van der Waals surface area (Å²) in [4.78, 5) is 15.9. The number of amides is 1. The van der Waals surface area contributed by atoms with E-state index in [-0.39, 0.29) is 5.91 Å². The van der Waals surface area contributed by atoms with Crippen molar-refractivity contribution in [1.29, 1.82) is 0 Å². The van der Waals surface area contributed by atoms with Gasteiger partial charge < -0.3 is 18.8 Å². The molecular formula is C21H23NO4S. The van der Waals surface area contributed by atoms with Crippen molar-refractivity contribution in [3.8, 4) is 11.5 Å². The predicted molar refractivity (Wildman–Crippen MR) is 104 cm³/mol. The second-order valence-electron chi connectivity index (χ2n) is 6.59. The molecule has 0 saturated carbocycles. The lowest BCUT2D eigenvalue weighted by Crippen LogP contribution is -2.32. The molecule has 0 radical (unpaired) electrons. The largest absolute Gasteiger partial charge is 0.486 e.